The topological polar surface area (TPSA) is 46.6 Å². The molecule has 1 saturated heterocycles. The summed E-state index contributed by atoms with van der Waals surface area (Å²) in [6.45, 7) is 0.976. The normalized spacial score (nSPS) is 19.0. The molecule has 1 heterocycles. The molecule has 0 radical (unpaired) electrons. The molecular formula is C17H18ClNO3S. The summed E-state index contributed by atoms with van der Waals surface area (Å²) in [6, 6.07) is 14.4. The Bertz CT molecular complexity index is 790. The quantitative estimate of drug-likeness (QED) is 0.846. The Morgan fingerprint density at radius 1 is 1.13 bits per heavy atom. The zero-order chi connectivity index (χ0) is 16.4. The number of sulfonamides is 1. The minimum Gasteiger partial charge on any atom is -0.497 e. The molecule has 1 aliphatic heterocycles. The Morgan fingerprint density at radius 3 is 2.48 bits per heavy atom. The Balaban J connectivity index is 1.80. The average Bonchev–Trinajstić information content (AvgIpc) is 3.06. The third kappa shape index (κ3) is 3.22. The van der Waals surface area contributed by atoms with E-state index in [9.17, 15) is 8.42 Å². The van der Waals surface area contributed by atoms with Crippen LogP contribution >= 0.6 is 11.6 Å². The van der Waals surface area contributed by atoms with E-state index in [2.05, 4.69) is 0 Å². The third-order valence-electron chi connectivity index (χ3n) is 4.19. The standard InChI is InChI=1S/C17H18ClNO3S/c1-22-15-8-6-13(7-9-15)14-10-11-19(12-14)23(20,21)17-5-3-2-4-16(17)18/h2-9,14H,10-12H2,1H3. The molecule has 1 fully saturated rings. The summed E-state index contributed by atoms with van der Waals surface area (Å²) < 4.78 is 32.2. The van der Waals surface area contributed by atoms with Gasteiger partial charge in [-0.15, -0.1) is 0 Å². The first kappa shape index (κ1) is 16.3. The lowest BCUT2D eigenvalue weighted by Gasteiger charge is -2.17. The van der Waals surface area contributed by atoms with E-state index < -0.39 is 10.0 Å². The second-order valence-electron chi connectivity index (χ2n) is 5.55. The fourth-order valence-corrected chi connectivity index (χ4v) is 4.88. The number of ether oxygens (including phenoxy) is 1. The van der Waals surface area contributed by atoms with E-state index in [-0.39, 0.29) is 15.8 Å². The van der Waals surface area contributed by atoms with Crippen molar-refractivity contribution in [2.45, 2.75) is 17.2 Å². The Labute approximate surface area is 141 Å². The molecule has 2 aromatic carbocycles. The molecule has 1 atom stereocenters. The number of benzene rings is 2. The molecular weight excluding hydrogens is 334 g/mol. The van der Waals surface area contributed by atoms with Crippen LogP contribution in [0.2, 0.25) is 5.02 Å². The van der Waals surface area contributed by atoms with Crippen molar-refractivity contribution in [1.82, 2.24) is 4.31 Å². The molecule has 23 heavy (non-hydrogen) atoms. The van der Waals surface area contributed by atoms with Crippen molar-refractivity contribution in [3.63, 3.8) is 0 Å². The summed E-state index contributed by atoms with van der Waals surface area (Å²) in [7, 11) is -1.92. The number of hydrogen-bond donors (Lipinski definition) is 0. The predicted octanol–water partition coefficient (Wildman–Crippen LogP) is 3.53. The summed E-state index contributed by atoms with van der Waals surface area (Å²) in [6.07, 6.45) is 0.802. The summed E-state index contributed by atoms with van der Waals surface area (Å²) >= 11 is 6.05. The van der Waals surface area contributed by atoms with Crippen molar-refractivity contribution in [3.05, 3.63) is 59.1 Å². The highest BCUT2D eigenvalue weighted by atomic mass is 35.5. The van der Waals surface area contributed by atoms with Gasteiger partial charge in [-0.05, 0) is 42.2 Å². The molecule has 2 aromatic rings. The SMILES string of the molecule is COc1ccc(C2CCN(S(=O)(=O)c3ccccc3Cl)C2)cc1. The molecule has 0 N–H and O–H groups in total. The Hall–Kier alpha value is -1.56. The van der Waals surface area contributed by atoms with Gasteiger partial charge in [-0.1, -0.05) is 35.9 Å². The lowest BCUT2D eigenvalue weighted by atomic mass is 9.99. The van der Waals surface area contributed by atoms with Crippen LogP contribution in [0.15, 0.2) is 53.4 Å². The number of rotatable bonds is 4. The van der Waals surface area contributed by atoms with E-state index >= 15 is 0 Å². The lowest BCUT2D eigenvalue weighted by Crippen LogP contribution is -2.28. The van der Waals surface area contributed by atoms with Gasteiger partial charge in [0.15, 0.2) is 0 Å². The minimum absolute atomic E-state index is 0.178. The molecule has 0 saturated carbocycles. The molecule has 0 bridgehead atoms. The summed E-state index contributed by atoms with van der Waals surface area (Å²) in [5.41, 5.74) is 1.13. The Kier molecular flexibility index (Phi) is 4.62. The van der Waals surface area contributed by atoms with Crippen LogP contribution in [0.3, 0.4) is 0 Å². The van der Waals surface area contributed by atoms with Crippen molar-refractivity contribution in [2.24, 2.45) is 0 Å². The summed E-state index contributed by atoms with van der Waals surface area (Å²) in [4.78, 5) is 0.178. The number of halogens is 1. The maximum absolute atomic E-state index is 12.8. The number of hydrogen-bond acceptors (Lipinski definition) is 3. The fourth-order valence-electron chi connectivity index (χ4n) is 2.89. The highest BCUT2D eigenvalue weighted by Crippen LogP contribution is 2.33. The number of nitrogens with zero attached hydrogens (tertiary/aromatic N) is 1. The second kappa shape index (κ2) is 6.51. The molecule has 1 aliphatic rings. The molecule has 0 spiro atoms. The molecule has 0 aromatic heterocycles. The average molecular weight is 352 g/mol. The van der Waals surface area contributed by atoms with Crippen molar-refractivity contribution in [1.29, 1.82) is 0 Å². The minimum atomic E-state index is -3.55. The van der Waals surface area contributed by atoms with Gasteiger partial charge in [0.05, 0.1) is 12.1 Å². The van der Waals surface area contributed by atoms with Gasteiger partial charge in [-0.25, -0.2) is 8.42 Å². The van der Waals surface area contributed by atoms with Crippen LogP contribution in [-0.2, 0) is 10.0 Å². The predicted molar refractivity (Wildman–Crippen MR) is 90.6 cm³/mol. The zero-order valence-corrected chi connectivity index (χ0v) is 14.3. The van der Waals surface area contributed by atoms with Crippen molar-refractivity contribution < 1.29 is 13.2 Å². The molecule has 1 unspecified atom stereocenters. The molecule has 0 amide bonds. The summed E-state index contributed by atoms with van der Waals surface area (Å²) in [5.74, 6) is 0.991. The van der Waals surface area contributed by atoms with Crippen LogP contribution in [0.4, 0.5) is 0 Å². The van der Waals surface area contributed by atoms with E-state index in [1.165, 1.54) is 4.31 Å². The van der Waals surface area contributed by atoms with E-state index in [1.54, 1.807) is 31.4 Å². The monoisotopic (exact) mass is 351 g/mol. The largest absolute Gasteiger partial charge is 0.497 e. The Morgan fingerprint density at radius 2 is 1.83 bits per heavy atom. The third-order valence-corrected chi connectivity index (χ3v) is 6.56. The van der Waals surface area contributed by atoms with Gasteiger partial charge in [-0.3, -0.25) is 0 Å². The highest BCUT2D eigenvalue weighted by molar-refractivity contribution is 7.89. The van der Waals surface area contributed by atoms with Gasteiger partial charge in [0, 0.05) is 13.1 Å². The van der Waals surface area contributed by atoms with E-state index in [0.29, 0.717) is 13.1 Å². The van der Waals surface area contributed by atoms with Crippen molar-refractivity contribution in [2.75, 3.05) is 20.2 Å². The molecule has 3 rings (SSSR count). The zero-order valence-electron chi connectivity index (χ0n) is 12.8. The van der Waals surface area contributed by atoms with Gasteiger partial charge < -0.3 is 4.74 Å². The first-order valence-corrected chi connectivity index (χ1v) is 9.23. The van der Waals surface area contributed by atoms with Gasteiger partial charge >= 0.3 is 0 Å². The maximum atomic E-state index is 12.8. The van der Waals surface area contributed by atoms with Crippen LogP contribution < -0.4 is 4.74 Å². The van der Waals surface area contributed by atoms with Gasteiger partial charge in [0.1, 0.15) is 10.6 Å². The van der Waals surface area contributed by atoms with Gasteiger partial charge in [0.2, 0.25) is 10.0 Å². The van der Waals surface area contributed by atoms with Gasteiger partial charge in [-0.2, -0.15) is 4.31 Å². The molecule has 4 nitrogen and oxygen atoms in total. The van der Waals surface area contributed by atoms with Crippen LogP contribution in [0.1, 0.15) is 17.9 Å². The first-order valence-electron chi connectivity index (χ1n) is 7.41. The maximum Gasteiger partial charge on any atom is 0.244 e. The molecule has 6 heteroatoms. The lowest BCUT2D eigenvalue weighted by molar-refractivity contribution is 0.414. The van der Waals surface area contributed by atoms with Gasteiger partial charge in [0.25, 0.3) is 0 Å². The first-order chi connectivity index (χ1) is 11.0. The smallest absolute Gasteiger partial charge is 0.244 e. The summed E-state index contributed by atoms with van der Waals surface area (Å²) in [5, 5.41) is 0.264. The van der Waals surface area contributed by atoms with Crippen LogP contribution in [0, 0.1) is 0 Å². The van der Waals surface area contributed by atoms with E-state index in [0.717, 1.165) is 17.7 Å². The second-order valence-corrected chi connectivity index (χ2v) is 7.87. The van der Waals surface area contributed by atoms with E-state index in [4.69, 9.17) is 16.3 Å². The van der Waals surface area contributed by atoms with Crippen molar-refractivity contribution >= 4 is 21.6 Å². The van der Waals surface area contributed by atoms with Crippen molar-refractivity contribution in [3.8, 4) is 5.75 Å². The van der Waals surface area contributed by atoms with E-state index in [1.807, 2.05) is 24.3 Å². The molecule has 0 aliphatic carbocycles. The number of methoxy groups -OCH3 is 1. The van der Waals surface area contributed by atoms with Crippen LogP contribution in [0.5, 0.6) is 5.75 Å². The highest BCUT2D eigenvalue weighted by Gasteiger charge is 2.34. The van der Waals surface area contributed by atoms with Crippen LogP contribution in [0.25, 0.3) is 0 Å². The molecule has 122 valence electrons. The van der Waals surface area contributed by atoms with Crippen LogP contribution in [-0.4, -0.2) is 32.9 Å². The fraction of sp³-hybridized carbons (Fsp3) is 0.294.